The van der Waals surface area contributed by atoms with Crippen LogP contribution in [-0.2, 0) is 4.74 Å². The Kier molecular flexibility index (Phi) is 3.34. The minimum atomic E-state index is -0.338. The molecule has 1 heterocycles. The van der Waals surface area contributed by atoms with Crippen LogP contribution in [0.15, 0.2) is 0 Å². The van der Waals surface area contributed by atoms with Gasteiger partial charge in [-0.3, -0.25) is 0 Å². The minimum Gasteiger partial charge on any atom is -0.453 e. The van der Waals surface area contributed by atoms with Crippen LogP contribution in [0, 0.1) is 0 Å². The molecule has 1 atom stereocenters. The molecule has 1 aliphatic rings. The third-order valence-corrected chi connectivity index (χ3v) is 2.34. The van der Waals surface area contributed by atoms with Crippen LogP contribution in [-0.4, -0.2) is 44.3 Å². The van der Waals surface area contributed by atoms with Crippen LogP contribution in [0.2, 0.25) is 0 Å². The average Bonchev–Trinajstić information content (AvgIpc) is 2.47. The van der Waals surface area contributed by atoms with Crippen LogP contribution in [0.3, 0.4) is 0 Å². The highest BCUT2D eigenvalue weighted by Gasteiger charge is 2.20. The summed E-state index contributed by atoms with van der Waals surface area (Å²) in [6.07, 6.45) is 2.06. The van der Waals surface area contributed by atoms with Crippen molar-refractivity contribution in [1.29, 1.82) is 0 Å². The first-order chi connectivity index (χ1) is 5.74. The molecule has 4 heteroatoms. The SMILES string of the molecule is COC(=O)NCC1CCCN1C. The summed E-state index contributed by atoms with van der Waals surface area (Å²) >= 11 is 0. The molecule has 4 nitrogen and oxygen atoms in total. The maximum absolute atomic E-state index is 10.7. The fraction of sp³-hybridized carbons (Fsp3) is 0.875. The van der Waals surface area contributed by atoms with Gasteiger partial charge in [0.25, 0.3) is 0 Å². The molecule has 1 amide bonds. The minimum absolute atomic E-state index is 0.338. The number of hydrogen-bond acceptors (Lipinski definition) is 3. The number of hydrogen-bond donors (Lipinski definition) is 1. The van der Waals surface area contributed by atoms with Crippen molar-refractivity contribution in [1.82, 2.24) is 10.2 Å². The highest BCUT2D eigenvalue weighted by Crippen LogP contribution is 2.13. The third kappa shape index (κ3) is 2.37. The summed E-state index contributed by atoms with van der Waals surface area (Å²) in [5.74, 6) is 0. The summed E-state index contributed by atoms with van der Waals surface area (Å²) in [4.78, 5) is 13.0. The van der Waals surface area contributed by atoms with Gasteiger partial charge in [-0.25, -0.2) is 4.79 Å². The molecule has 0 radical (unpaired) electrons. The van der Waals surface area contributed by atoms with Gasteiger partial charge in [-0.15, -0.1) is 0 Å². The van der Waals surface area contributed by atoms with Gasteiger partial charge in [0, 0.05) is 12.6 Å². The molecule has 12 heavy (non-hydrogen) atoms. The van der Waals surface area contributed by atoms with E-state index in [1.54, 1.807) is 0 Å². The number of carbonyl (C=O) groups is 1. The molecule has 1 aliphatic heterocycles. The number of likely N-dealkylation sites (tertiary alicyclic amines) is 1. The Hall–Kier alpha value is -0.770. The van der Waals surface area contributed by atoms with E-state index in [-0.39, 0.29) is 6.09 Å². The lowest BCUT2D eigenvalue weighted by Gasteiger charge is -2.18. The van der Waals surface area contributed by atoms with Crippen LogP contribution in [0.25, 0.3) is 0 Å². The van der Waals surface area contributed by atoms with Crippen LogP contribution in [0.5, 0.6) is 0 Å². The van der Waals surface area contributed by atoms with Crippen LogP contribution < -0.4 is 5.32 Å². The lowest BCUT2D eigenvalue weighted by Crippen LogP contribution is -2.38. The Morgan fingerprint density at radius 2 is 2.50 bits per heavy atom. The van der Waals surface area contributed by atoms with Gasteiger partial charge in [0.15, 0.2) is 0 Å². The van der Waals surface area contributed by atoms with Crippen molar-refractivity contribution in [3.63, 3.8) is 0 Å². The summed E-state index contributed by atoms with van der Waals surface area (Å²) in [5.41, 5.74) is 0. The van der Waals surface area contributed by atoms with Crippen molar-refractivity contribution in [3.05, 3.63) is 0 Å². The number of nitrogens with zero attached hydrogens (tertiary/aromatic N) is 1. The van der Waals surface area contributed by atoms with E-state index in [2.05, 4.69) is 22.0 Å². The second-order valence-corrected chi connectivity index (χ2v) is 3.15. The average molecular weight is 172 g/mol. The molecule has 0 aliphatic carbocycles. The Morgan fingerprint density at radius 3 is 3.00 bits per heavy atom. The van der Waals surface area contributed by atoms with E-state index in [0.717, 1.165) is 6.54 Å². The molecule has 0 aromatic rings. The first-order valence-electron chi connectivity index (χ1n) is 4.26. The van der Waals surface area contributed by atoms with E-state index in [0.29, 0.717) is 12.6 Å². The van der Waals surface area contributed by atoms with E-state index in [1.165, 1.54) is 20.0 Å². The molecule has 0 aromatic heterocycles. The van der Waals surface area contributed by atoms with Gasteiger partial charge in [-0.05, 0) is 26.4 Å². The van der Waals surface area contributed by atoms with Crippen molar-refractivity contribution >= 4 is 6.09 Å². The first kappa shape index (κ1) is 9.32. The summed E-state index contributed by atoms with van der Waals surface area (Å²) in [7, 11) is 3.46. The molecule has 1 rings (SSSR count). The van der Waals surface area contributed by atoms with Crippen LogP contribution in [0.1, 0.15) is 12.8 Å². The van der Waals surface area contributed by atoms with E-state index in [1.807, 2.05) is 0 Å². The number of amides is 1. The Balaban J connectivity index is 2.18. The zero-order valence-corrected chi connectivity index (χ0v) is 7.67. The van der Waals surface area contributed by atoms with Gasteiger partial charge in [0.2, 0.25) is 0 Å². The maximum atomic E-state index is 10.7. The number of methoxy groups -OCH3 is 1. The Bertz CT molecular complexity index is 161. The van der Waals surface area contributed by atoms with E-state index in [4.69, 9.17) is 0 Å². The number of ether oxygens (including phenoxy) is 1. The van der Waals surface area contributed by atoms with Crippen molar-refractivity contribution in [3.8, 4) is 0 Å². The molecule has 70 valence electrons. The van der Waals surface area contributed by atoms with Crippen molar-refractivity contribution in [2.45, 2.75) is 18.9 Å². The van der Waals surface area contributed by atoms with Gasteiger partial charge >= 0.3 is 6.09 Å². The number of nitrogens with one attached hydrogen (secondary N) is 1. The lowest BCUT2D eigenvalue weighted by atomic mass is 10.2. The molecule has 0 spiro atoms. The largest absolute Gasteiger partial charge is 0.453 e. The molecule has 0 saturated carbocycles. The number of carbonyl (C=O) groups excluding carboxylic acids is 1. The van der Waals surface area contributed by atoms with Gasteiger partial charge in [-0.1, -0.05) is 0 Å². The topological polar surface area (TPSA) is 41.6 Å². The lowest BCUT2D eigenvalue weighted by molar-refractivity contribution is 0.167. The van der Waals surface area contributed by atoms with Crippen LogP contribution in [0.4, 0.5) is 4.79 Å². The van der Waals surface area contributed by atoms with Crippen molar-refractivity contribution in [2.24, 2.45) is 0 Å². The van der Waals surface area contributed by atoms with Crippen molar-refractivity contribution < 1.29 is 9.53 Å². The van der Waals surface area contributed by atoms with Crippen molar-refractivity contribution in [2.75, 3.05) is 27.2 Å². The predicted molar refractivity (Wildman–Crippen MR) is 46.1 cm³/mol. The Morgan fingerprint density at radius 1 is 1.75 bits per heavy atom. The fourth-order valence-electron chi connectivity index (χ4n) is 1.51. The molecular formula is C8H16N2O2. The molecule has 0 aromatic carbocycles. The summed E-state index contributed by atoms with van der Waals surface area (Å²) in [6.45, 7) is 1.83. The van der Waals surface area contributed by atoms with Crippen LogP contribution >= 0.6 is 0 Å². The zero-order valence-electron chi connectivity index (χ0n) is 7.67. The second-order valence-electron chi connectivity index (χ2n) is 3.15. The highest BCUT2D eigenvalue weighted by molar-refractivity contribution is 5.66. The molecule has 1 N–H and O–H groups in total. The Labute approximate surface area is 72.9 Å². The maximum Gasteiger partial charge on any atom is 0.406 e. The summed E-state index contributed by atoms with van der Waals surface area (Å²) in [6, 6.07) is 0.490. The molecule has 0 bridgehead atoms. The van der Waals surface area contributed by atoms with Gasteiger partial charge in [0.1, 0.15) is 0 Å². The molecule has 1 unspecified atom stereocenters. The molecule has 1 fully saturated rings. The second kappa shape index (κ2) is 4.30. The quantitative estimate of drug-likeness (QED) is 0.657. The summed E-state index contributed by atoms with van der Waals surface area (Å²) in [5, 5.41) is 2.70. The first-order valence-corrected chi connectivity index (χ1v) is 4.26. The highest BCUT2D eigenvalue weighted by atomic mass is 16.5. The molecular weight excluding hydrogens is 156 g/mol. The van der Waals surface area contributed by atoms with E-state index < -0.39 is 0 Å². The predicted octanol–water partition coefficient (Wildman–Crippen LogP) is 0.437. The van der Waals surface area contributed by atoms with Gasteiger partial charge in [-0.2, -0.15) is 0 Å². The fourth-order valence-corrected chi connectivity index (χ4v) is 1.51. The third-order valence-electron chi connectivity index (χ3n) is 2.34. The smallest absolute Gasteiger partial charge is 0.406 e. The molecule has 1 saturated heterocycles. The van der Waals surface area contributed by atoms with Gasteiger partial charge in [0.05, 0.1) is 7.11 Å². The zero-order chi connectivity index (χ0) is 8.97. The monoisotopic (exact) mass is 172 g/mol. The van der Waals surface area contributed by atoms with E-state index >= 15 is 0 Å². The summed E-state index contributed by atoms with van der Waals surface area (Å²) < 4.78 is 4.48. The number of alkyl carbamates (subject to hydrolysis) is 1. The number of likely N-dealkylation sites (N-methyl/N-ethyl adjacent to an activating group) is 1. The standard InChI is InChI=1S/C8H16N2O2/c1-10-5-3-4-7(10)6-9-8(11)12-2/h7H,3-6H2,1-2H3,(H,9,11). The van der Waals surface area contributed by atoms with E-state index in [9.17, 15) is 4.79 Å². The number of rotatable bonds is 2. The normalized spacial score (nSPS) is 24.0. The van der Waals surface area contributed by atoms with Gasteiger partial charge < -0.3 is 15.0 Å².